The molecule has 0 radical (unpaired) electrons. The van der Waals surface area contributed by atoms with Crippen LogP contribution >= 0.6 is 0 Å². The van der Waals surface area contributed by atoms with Gasteiger partial charge in [-0.25, -0.2) is 0 Å². The number of amides is 1. The van der Waals surface area contributed by atoms with Crippen LogP contribution in [-0.2, 0) is 23.2 Å². The molecular weight excluding hydrogens is 356 g/mol. The molecule has 28 heavy (non-hydrogen) atoms. The lowest BCUT2D eigenvalue weighted by Crippen LogP contribution is -2.46. The lowest BCUT2D eigenvalue weighted by atomic mass is 9.85. The van der Waals surface area contributed by atoms with E-state index in [9.17, 15) is 14.7 Å². The molecule has 4 rings (SSSR count). The zero-order valence-corrected chi connectivity index (χ0v) is 16.1. The highest BCUT2D eigenvalue weighted by molar-refractivity contribution is 5.84. The number of rotatable bonds is 4. The molecule has 1 aliphatic rings. The molecule has 0 bridgehead atoms. The molecule has 2 aromatic heterocycles. The topological polar surface area (TPSA) is 80.4 Å². The first-order chi connectivity index (χ1) is 13.4. The van der Waals surface area contributed by atoms with Crippen LogP contribution in [-0.4, -0.2) is 49.3 Å². The van der Waals surface area contributed by atoms with E-state index in [4.69, 9.17) is 0 Å². The summed E-state index contributed by atoms with van der Waals surface area (Å²) in [5.74, 6) is -1.49. The van der Waals surface area contributed by atoms with Crippen molar-refractivity contribution < 1.29 is 14.7 Å². The van der Waals surface area contributed by atoms with Gasteiger partial charge in [-0.15, -0.1) is 0 Å². The Morgan fingerprint density at radius 2 is 2.04 bits per heavy atom. The van der Waals surface area contributed by atoms with Crippen molar-refractivity contribution in [3.8, 4) is 0 Å². The highest BCUT2D eigenvalue weighted by Gasteiger charge is 2.35. The minimum Gasteiger partial charge on any atom is -0.481 e. The second kappa shape index (κ2) is 7.14. The normalized spacial score (nSPS) is 19.9. The van der Waals surface area contributed by atoms with Crippen LogP contribution in [0.3, 0.4) is 0 Å². The monoisotopic (exact) mass is 380 g/mol. The Balaban J connectivity index is 1.58. The number of para-hydroxylation sites is 1. The number of carbonyl (C=O) groups is 2. The fourth-order valence-corrected chi connectivity index (χ4v) is 4.17. The van der Waals surface area contributed by atoms with Crippen molar-refractivity contribution in [2.24, 2.45) is 13.0 Å². The molecule has 1 aliphatic heterocycles. The van der Waals surface area contributed by atoms with Gasteiger partial charge in [-0.1, -0.05) is 18.2 Å². The van der Waals surface area contributed by atoms with Crippen LogP contribution in [0, 0.1) is 12.8 Å². The molecule has 0 saturated carbocycles. The summed E-state index contributed by atoms with van der Waals surface area (Å²) in [6.45, 7) is 2.98. The van der Waals surface area contributed by atoms with E-state index < -0.39 is 11.9 Å². The third-order valence-corrected chi connectivity index (χ3v) is 5.66. The average Bonchev–Trinajstić information content (AvgIpc) is 3.25. The number of fused-ring (bicyclic) bond motifs is 1. The van der Waals surface area contributed by atoms with Gasteiger partial charge in [-0.3, -0.25) is 14.3 Å². The smallest absolute Gasteiger partial charge is 0.308 e. The summed E-state index contributed by atoms with van der Waals surface area (Å²) in [7, 11) is 1.84. The quantitative estimate of drug-likeness (QED) is 0.754. The molecule has 0 aliphatic carbocycles. The molecule has 3 aromatic rings. The van der Waals surface area contributed by atoms with Gasteiger partial charge in [0.15, 0.2) is 0 Å². The van der Waals surface area contributed by atoms with Crippen molar-refractivity contribution >= 4 is 22.8 Å². The van der Waals surface area contributed by atoms with Crippen LogP contribution in [0.4, 0.5) is 0 Å². The number of nitrogens with zero attached hydrogens (tertiary/aromatic N) is 4. The van der Waals surface area contributed by atoms with Crippen molar-refractivity contribution in [1.29, 1.82) is 0 Å². The number of benzene rings is 1. The second-order valence-electron chi connectivity index (χ2n) is 7.64. The van der Waals surface area contributed by atoms with E-state index in [1.54, 1.807) is 15.8 Å². The molecule has 1 aromatic carbocycles. The standard InChI is InChI=1S/C21H24N4O3/c1-14-7-15-5-3-4-6-19(15)25(14)13-20(26)24-11-16(8-17(12-24)21(27)28)18-9-22-23(2)10-18/h3-7,9-10,16-17H,8,11-13H2,1-2H3,(H,27,28). The van der Waals surface area contributed by atoms with Gasteiger partial charge in [-0.05, 0) is 36.4 Å². The number of carboxylic acids is 1. The summed E-state index contributed by atoms with van der Waals surface area (Å²) < 4.78 is 3.71. The van der Waals surface area contributed by atoms with Gasteiger partial charge in [0.1, 0.15) is 6.54 Å². The number of aryl methyl sites for hydroxylation is 2. The summed E-state index contributed by atoms with van der Waals surface area (Å²) in [5, 5.41) is 14.9. The summed E-state index contributed by atoms with van der Waals surface area (Å²) in [6, 6.07) is 10.0. The minimum atomic E-state index is -0.853. The molecule has 2 unspecified atom stereocenters. The molecular formula is C21H24N4O3. The molecule has 1 fully saturated rings. The third kappa shape index (κ3) is 3.40. The van der Waals surface area contributed by atoms with Gasteiger partial charge >= 0.3 is 5.97 Å². The molecule has 1 amide bonds. The van der Waals surface area contributed by atoms with E-state index >= 15 is 0 Å². The van der Waals surface area contributed by atoms with Gasteiger partial charge in [-0.2, -0.15) is 5.10 Å². The van der Waals surface area contributed by atoms with Crippen LogP contribution in [0.1, 0.15) is 23.6 Å². The second-order valence-corrected chi connectivity index (χ2v) is 7.64. The number of likely N-dealkylation sites (tertiary alicyclic amines) is 1. The van der Waals surface area contributed by atoms with E-state index in [1.165, 1.54) is 0 Å². The summed E-state index contributed by atoms with van der Waals surface area (Å²) in [5.41, 5.74) is 3.02. The maximum Gasteiger partial charge on any atom is 0.308 e. The largest absolute Gasteiger partial charge is 0.481 e. The molecule has 1 N–H and O–H groups in total. The van der Waals surface area contributed by atoms with Gasteiger partial charge in [0.05, 0.1) is 12.1 Å². The molecule has 1 saturated heterocycles. The molecule has 7 nitrogen and oxygen atoms in total. The van der Waals surface area contributed by atoms with Gasteiger partial charge in [0, 0.05) is 43.5 Å². The Bertz CT molecular complexity index is 1040. The number of hydrogen-bond acceptors (Lipinski definition) is 3. The molecule has 146 valence electrons. The first kappa shape index (κ1) is 18.3. The van der Waals surface area contributed by atoms with Gasteiger partial charge in [0.2, 0.25) is 5.91 Å². The van der Waals surface area contributed by atoms with Crippen LogP contribution < -0.4 is 0 Å². The number of carboxylic acid groups (broad SMARTS) is 1. The van der Waals surface area contributed by atoms with Crippen LogP contribution in [0.2, 0.25) is 0 Å². The van der Waals surface area contributed by atoms with Crippen molar-refractivity contribution in [1.82, 2.24) is 19.2 Å². The SMILES string of the molecule is Cc1cc2ccccc2n1CC(=O)N1CC(C(=O)O)CC(c2cnn(C)c2)C1. The van der Waals surface area contributed by atoms with E-state index in [1.807, 2.05) is 49.0 Å². The van der Waals surface area contributed by atoms with Crippen molar-refractivity contribution in [2.75, 3.05) is 13.1 Å². The predicted octanol–water partition coefficient (Wildman–Crippen LogP) is 2.40. The van der Waals surface area contributed by atoms with Crippen LogP contribution in [0.5, 0.6) is 0 Å². The Morgan fingerprint density at radius 1 is 1.25 bits per heavy atom. The summed E-state index contributed by atoms with van der Waals surface area (Å²) in [4.78, 5) is 26.5. The lowest BCUT2D eigenvalue weighted by Gasteiger charge is -2.36. The van der Waals surface area contributed by atoms with Gasteiger partial charge < -0.3 is 14.6 Å². The van der Waals surface area contributed by atoms with E-state index in [0.717, 1.165) is 22.2 Å². The number of aliphatic carboxylic acids is 1. The summed E-state index contributed by atoms with van der Waals surface area (Å²) >= 11 is 0. The van der Waals surface area contributed by atoms with Crippen LogP contribution in [0.25, 0.3) is 10.9 Å². The molecule has 2 atom stereocenters. The van der Waals surface area contributed by atoms with Crippen molar-refractivity contribution in [3.05, 3.63) is 54.0 Å². The number of aromatic nitrogens is 3. The highest BCUT2D eigenvalue weighted by atomic mass is 16.4. The number of hydrogen-bond donors (Lipinski definition) is 1. The van der Waals surface area contributed by atoms with Crippen molar-refractivity contribution in [3.63, 3.8) is 0 Å². The highest BCUT2D eigenvalue weighted by Crippen LogP contribution is 2.31. The van der Waals surface area contributed by atoms with Crippen LogP contribution in [0.15, 0.2) is 42.7 Å². The van der Waals surface area contributed by atoms with E-state index in [0.29, 0.717) is 13.0 Å². The predicted molar refractivity (Wildman–Crippen MR) is 105 cm³/mol. The van der Waals surface area contributed by atoms with E-state index in [2.05, 4.69) is 11.2 Å². The lowest BCUT2D eigenvalue weighted by molar-refractivity contribution is -0.146. The Morgan fingerprint density at radius 3 is 2.75 bits per heavy atom. The molecule has 7 heteroatoms. The number of carbonyl (C=O) groups excluding carboxylic acids is 1. The maximum atomic E-state index is 13.1. The van der Waals surface area contributed by atoms with Gasteiger partial charge in [0.25, 0.3) is 0 Å². The fraction of sp³-hybridized carbons (Fsp3) is 0.381. The minimum absolute atomic E-state index is 0.0185. The maximum absolute atomic E-state index is 13.1. The Kier molecular flexibility index (Phi) is 4.66. The van der Waals surface area contributed by atoms with Crippen molar-refractivity contribution in [2.45, 2.75) is 25.8 Å². The zero-order chi connectivity index (χ0) is 19.8. The fourth-order valence-electron chi connectivity index (χ4n) is 4.17. The average molecular weight is 380 g/mol. The third-order valence-electron chi connectivity index (χ3n) is 5.66. The molecule has 0 spiro atoms. The Hall–Kier alpha value is -3.09. The summed E-state index contributed by atoms with van der Waals surface area (Å²) in [6.07, 6.45) is 4.19. The van der Waals surface area contributed by atoms with E-state index in [-0.39, 0.29) is 24.9 Å². The first-order valence-corrected chi connectivity index (χ1v) is 9.46. The number of piperidine rings is 1. The molecule has 3 heterocycles. The first-order valence-electron chi connectivity index (χ1n) is 9.46. The zero-order valence-electron chi connectivity index (χ0n) is 16.1. The Labute approximate surface area is 163 Å².